The van der Waals surface area contributed by atoms with E-state index in [4.69, 9.17) is 16.6 Å². The number of nitrogens with zero attached hydrogens (tertiary/aromatic N) is 2. The predicted molar refractivity (Wildman–Crippen MR) is 100 cm³/mol. The molecule has 0 radical (unpaired) electrons. The van der Waals surface area contributed by atoms with E-state index in [1.165, 1.54) is 12.1 Å². The van der Waals surface area contributed by atoms with Gasteiger partial charge in [0.2, 0.25) is 0 Å². The molecular weight excluding hydrogens is 392 g/mol. The summed E-state index contributed by atoms with van der Waals surface area (Å²) in [5.74, 6) is -1.42. The fraction of sp³-hybridized carbons (Fsp3) is 0.118. The van der Waals surface area contributed by atoms with Crippen LogP contribution < -0.4 is 5.11 Å². The zero-order valence-electron chi connectivity index (χ0n) is 13.8. The maximum absolute atomic E-state index is 12.2. The highest BCUT2D eigenvalue weighted by molar-refractivity contribution is 8.26. The first-order valence-electron chi connectivity index (χ1n) is 7.56. The van der Waals surface area contributed by atoms with Gasteiger partial charge in [0.05, 0.1) is 27.9 Å². The molecule has 1 aromatic carbocycles. The van der Waals surface area contributed by atoms with E-state index in [0.29, 0.717) is 5.56 Å². The number of thiocarbonyl (C=S) groups is 1. The number of carbonyl (C=O) groups excluding carboxylic acids is 2. The van der Waals surface area contributed by atoms with Crippen molar-refractivity contribution in [2.24, 2.45) is 0 Å². The molecule has 138 valence electrons. The lowest BCUT2D eigenvalue weighted by Crippen LogP contribution is -2.40. The Morgan fingerprint density at radius 2 is 2.11 bits per heavy atom. The highest BCUT2D eigenvalue weighted by Crippen LogP contribution is 2.35. The Hall–Kier alpha value is -2.98. The van der Waals surface area contributed by atoms with Crippen LogP contribution in [0.3, 0.4) is 0 Å². The molecule has 1 aliphatic rings. The molecule has 0 atom stereocenters. The van der Waals surface area contributed by atoms with Crippen molar-refractivity contribution in [1.29, 1.82) is 0 Å². The second-order valence-corrected chi connectivity index (χ2v) is 7.30. The smallest absolute Gasteiger partial charge is 0.280 e. The van der Waals surface area contributed by atoms with Gasteiger partial charge in [0.15, 0.2) is 0 Å². The SMILES string of the molecule is Cc1ccc(-c2ccc(/C=C3\SC(=S)N(CC(=O)[O-])C3=O)o2)c([N+](=O)[O-])c1. The number of furan rings is 1. The van der Waals surface area contributed by atoms with Crippen LogP contribution in [-0.2, 0) is 9.59 Å². The molecule has 2 aromatic rings. The minimum Gasteiger partial charge on any atom is -0.548 e. The highest BCUT2D eigenvalue weighted by atomic mass is 32.2. The number of benzene rings is 1. The zero-order chi connectivity index (χ0) is 19.7. The number of hydrogen-bond acceptors (Lipinski definition) is 8. The Bertz CT molecular complexity index is 1010. The van der Waals surface area contributed by atoms with Crippen molar-refractivity contribution in [2.45, 2.75) is 6.92 Å². The van der Waals surface area contributed by atoms with Crippen LogP contribution in [0, 0.1) is 17.0 Å². The van der Waals surface area contributed by atoms with Gasteiger partial charge < -0.3 is 14.3 Å². The minimum absolute atomic E-state index is 0.0869. The van der Waals surface area contributed by atoms with Gasteiger partial charge in [0, 0.05) is 12.1 Å². The lowest BCUT2D eigenvalue weighted by molar-refractivity contribution is -0.384. The van der Waals surface area contributed by atoms with Crippen LogP contribution in [0.25, 0.3) is 17.4 Å². The summed E-state index contributed by atoms with van der Waals surface area (Å²) in [5.41, 5.74) is 0.972. The molecule has 0 spiro atoms. The van der Waals surface area contributed by atoms with Gasteiger partial charge in [-0.25, -0.2) is 0 Å². The molecule has 0 N–H and O–H groups in total. The molecule has 1 fully saturated rings. The zero-order valence-corrected chi connectivity index (χ0v) is 15.5. The van der Waals surface area contributed by atoms with Crippen molar-refractivity contribution >= 4 is 51.9 Å². The number of nitro benzene ring substituents is 1. The third-order valence-corrected chi connectivity index (χ3v) is 5.05. The largest absolute Gasteiger partial charge is 0.548 e. The van der Waals surface area contributed by atoms with Gasteiger partial charge in [0.1, 0.15) is 15.8 Å². The number of aryl methyl sites for hydroxylation is 1. The summed E-state index contributed by atoms with van der Waals surface area (Å²) >= 11 is 5.94. The predicted octanol–water partition coefficient (Wildman–Crippen LogP) is 2.11. The van der Waals surface area contributed by atoms with E-state index in [9.17, 15) is 24.8 Å². The monoisotopic (exact) mass is 403 g/mol. The van der Waals surface area contributed by atoms with Crippen molar-refractivity contribution in [3.8, 4) is 11.3 Å². The molecule has 27 heavy (non-hydrogen) atoms. The summed E-state index contributed by atoms with van der Waals surface area (Å²) in [7, 11) is 0. The topological polar surface area (TPSA) is 117 Å². The molecular formula is C17H11N2O6S2-. The summed E-state index contributed by atoms with van der Waals surface area (Å²) < 4.78 is 5.73. The van der Waals surface area contributed by atoms with E-state index >= 15 is 0 Å². The first-order valence-corrected chi connectivity index (χ1v) is 8.79. The average Bonchev–Trinajstić information content (AvgIpc) is 3.15. The Morgan fingerprint density at radius 1 is 1.37 bits per heavy atom. The number of rotatable bonds is 5. The molecule has 2 heterocycles. The number of carbonyl (C=O) groups is 2. The molecule has 0 saturated carbocycles. The number of aliphatic carboxylic acids is 1. The molecule has 0 bridgehead atoms. The maximum Gasteiger partial charge on any atom is 0.280 e. The molecule has 10 heteroatoms. The Labute approximate surface area is 162 Å². The molecule has 1 aromatic heterocycles. The Balaban J connectivity index is 1.91. The molecule has 0 unspecified atom stereocenters. The third kappa shape index (κ3) is 3.91. The van der Waals surface area contributed by atoms with Gasteiger partial charge >= 0.3 is 0 Å². The molecule has 1 aliphatic heterocycles. The molecule has 1 saturated heterocycles. The van der Waals surface area contributed by atoms with Crippen LogP contribution >= 0.6 is 24.0 Å². The van der Waals surface area contributed by atoms with Crippen molar-refractivity contribution in [3.63, 3.8) is 0 Å². The first-order chi connectivity index (χ1) is 12.8. The third-order valence-electron chi connectivity index (χ3n) is 3.68. The van der Waals surface area contributed by atoms with Crippen molar-refractivity contribution < 1.29 is 24.0 Å². The van der Waals surface area contributed by atoms with Crippen molar-refractivity contribution in [3.05, 3.63) is 56.7 Å². The summed E-state index contributed by atoms with van der Waals surface area (Å²) in [6, 6.07) is 7.89. The molecule has 0 aliphatic carbocycles. The number of amides is 1. The Morgan fingerprint density at radius 3 is 2.78 bits per heavy atom. The number of thioether (sulfide) groups is 1. The highest BCUT2D eigenvalue weighted by Gasteiger charge is 2.32. The number of carboxylic acids is 1. The van der Waals surface area contributed by atoms with E-state index in [1.807, 2.05) is 0 Å². The lowest BCUT2D eigenvalue weighted by atomic mass is 10.1. The standard InChI is InChI=1S/C17H12N2O6S2/c1-9-2-4-11(12(6-9)19(23)24)13-5-3-10(25-13)7-14-16(22)18(8-15(20)21)17(26)27-14/h2-7H,8H2,1H3,(H,20,21)/p-1/b14-7-. The minimum atomic E-state index is -1.42. The maximum atomic E-state index is 12.2. The van der Waals surface area contributed by atoms with Crippen LogP contribution in [0.15, 0.2) is 39.7 Å². The summed E-state index contributed by atoms with van der Waals surface area (Å²) in [5, 5.41) is 22.0. The van der Waals surface area contributed by atoms with E-state index in [-0.39, 0.29) is 26.4 Å². The van der Waals surface area contributed by atoms with Gasteiger partial charge in [-0.3, -0.25) is 19.8 Å². The van der Waals surface area contributed by atoms with E-state index < -0.39 is 23.3 Å². The molecule has 8 nitrogen and oxygen atoms in total. The van der Waals surface area contributed by atoms with Crippen LogP contribution in [0.1, 0.15) is 11.3 Å². The van der Waals surface area contributed by atoms with Crippen molar-refractivity contribution in [1.82, 2.24) is 4.90 Å². The van der Waals surface area contributed by atoms with Gasteiger partial charge in [0.25, 0.3) is 11.6 Å². The molecule has 1 amide bonds. The Kier molecular flexibility index (Phi) is 5.10. The van der Waals surface area contributed by atoms with E-state index in [2.05, 4.69) is 0 Å². The number of nitro groups is 1. The van der Waals surface area contributed by atoms with Crippen LogP contribution in [-0.4, -0.2) is 32.6 Å². The number of hydrogen-bond donors (Lipinski definition) is 0. The van der Waals surface area contributed by atoms with Gasteiger partial charge in [-0.05, 0) is 30.7 Å². The van der Waals surface area contributed by atoms with Crippen molar-refractivity contribution in [2.75, 3.05) is 6.54 Å². The summed E-state index contributed by atoms with van der Waals surface area (Å²) in [6.07, 6.45) is 1.41. The van der Waals surface area contributed by atoms with Gasteiger partial charge in [-0.1, -0.05) is 30.0 Å². The molecule has 3 rings (SSSR count). The second-order valence-electron chi connectivity index (χ2n) is 5.62. The van der Waals surface area contributed by atoms with E-state index in [0.717, 1.165) is 22.2 Å². The average molecular weight is 403 g/mol. The van der Waals surface area contributed by atoms with Crippen LogP contribution in [0.2, 0.25) is 0 Å². The fourth-order valence-electron chi connectivity index (χ4n) is 2.47. The van der Waals surface area contributed by atoms with Crippen LogP contribution in [0.4, 0.5) is 5.69 Å². The normalized spacial score (nSPS) is 15.6. The van der Waals surface area contributed by atoms with Gasteiger partial charge in [-0.2, -0.15) is 0 Å². The fourth-order valence-corrected chi connectivity index (χ4v) is 3.71. The number of carboxylic acid groups (broad SMARTS) is 1. The first kappa shape index (κ1) is 18.8. The van der Waals surface area contributed by atoms with E-state index in [1.54, 1.807) is 31.2 Å². The summed E-state index contributed by atoms with van der Waals surface area (Å²) in [6.45, 7) is 1.12. The quantitative estimate of drug-likeness (QED) is 0.322. The van der Waals surface area contributed by atoms with Crippen LogP contribution in [0.5, 0.6) is 0 Å². The second kappa shape index (κ2) is 7.33. The summed E-state index contributed by atoms with van der Waals surface area (Å²) in [4.78, 5) is 34.9. The van der Waals surface area contributed by atoms with Gasteiger partial charge in [-0.15, -0.1) is 0 Å². The lowest BCUT2D eigenvalue weighted by Gasteiger charge is -2.14.